The summed E-state index contributed by atoms with van der Waals surface area (Å²) < 4.78 is 181. The zero-order valence-electron chi connectivity index (χ0n) is 33.4. The van der Waals surface area contributed by atoms with E-state index in [4.69, 9.17) is 11.6 Å². The highest BCUT2D eigenvalue weighted by Crippen LogP contribution is 2.47. The summed E-state index contributed by atoms with van der Waals surface area (Å²) in [5.41, 5.74) is -5.35. The Labute approximate surface area is 364 Å². The Morgan fingerprint density at radius 1 is 1.03 bits per heavy atom. The number of nitrogens with zero attached hydrogens (tertiary/aromatic N) is 6. The van der Waals surface area contributed by atoms with Crippen molar-refractivity contribution in [3.05, 3.63) is 93.0 Å². The van der Waals surface area contributed by atoms with Crippen molar-refractivity contribution in [2.24, 2.45) is 0 Å². The third kappa shape index (κ3) is 9.90. The average molecular weight is 968 g/mol. The maximum Gasteiger partial charge on any atom is 0.435 e. The molecule has 3 aromatic heterocycles. The number of hydrogen-bond donors (Lipinski definition) is 1. The number of anilines is 1. The normalized spacial score (nSPS) is 15.0. The van der Waals surface area contributed by atoms with E-state index in [-0.39, 0.29) is 49.6 Å². The summed E-state index contributed by atoms with van der Waals surface area (Å²) in [5, 5.41) is 9.03. The molecule has 0 aliphatic heterocycles. The lowest BCUT2D eigenvalue weighted by Crippen LogP contribution is -2.35. The molecule has 64 heavy (non-hydrogen) atoms. The van der Waals surface area contributed by atoms with Crippen LogP contribution in [0, 0.1) is 23.5 Å². The Balaban J connectivity index is 1.63. The van der Waals surface area contributed by atoms with Crippen LogP contribution in [0.1, 0.15) is 60.2 Å². The molecular weight excluding hydrogens is 936 g/mol. The maximum absolute atomic E-state index is 15.0. The lowest BCUT2D eigenvalue weighted by Gasteiger charge is -2.23. The van der Waals surface area contributed by atoms with Gasteiger partial charge in [0.05, 0.1) is 27.7 Å². The van der Waals surface area contributed by atoms with Crippen molar-refractivity contribution in [3.63, 3.8) is 0 Å². The number of amides is 2. The molecule has 0 saturated heterocycles. The van der Waals surface area contributed by atoms with Crippen molar-refractivity contribution in [2.45, 2.75) is 75.3 Å². The first-order chi connectivity index (χ1) is 29.5. The number of fused-ring (bicyclic) bond motifs is 2. The van der Waals surface area contributed by atoms with E-state index in [0.717, 1.165) is 24.6 Å². The topological polar surface area (TPSA) is 149 Å². The fraction of sp³-hybridized carbons (Fsp3) is 0.359. The highest BCUT2D eigenvalue weighted by molar-refractivity contribution is 7.92. The first-order valence-electron chi connectivity index (χ1n) is 18.4. The minimum absolute atomic E-state index is 0.0312. The largest absolute Gasteiger partial charge is 0.435 e. The number of aromatic nitrogens is 5. The summed E-state index contributed by atoms with van der Waals surface area (Å²) in [4.78, 5) is 30.5. The van der Waals surface area contributed by atoms with Gasteiger partial charge in [0.15, 0.2) is 21.3 Å². The monoisotopic (exact) mass is 967 g/mol. The zero-order chi connectivity index (χ0) is 47.5. The molecule has 0 bridgehead atoms. The highest BCUT2D eigenvalue weighted by atomic mass is 35.5. The Morgan fingerprint density at radius 2 is 1.67 bits per heavy atom. The molecule has 12 nitrogen and oxygen atoms in total. The van der Waals surface area contributed by atoms with Crippen LogP contribution in [0.25, 0.3) is 22.0 Å². The highest BCUT2D eigenvalue weighted by Gasteiger charge is 2.50. The predicted molar refractivity (Wildman–Crippen MR) is 213 cm³/mol. The van der Waals surface area contributed by atoms with Gasteiger partial charge in [0.25, 0.3) is 5.92 Å². The summed E-state index contributed by atoms with van der Waals surface area (Å²) >= 11 is 6.51. The van der Waals surface area contributed by atoms with E-state index in [0.29, 0.717) is 15.1 Å². The second-order valence-corrected chi connectivity index (χ2v) is 19.3. The lowest BCUT2D eigenvalue weighted by molar-refractivity contribution is -0.143. The van der Waals surface area contributed by atoms with Crippen molar-refractivity contribution >= 4 is 61.5 Å². The number of alkyl halides is 8. The van der Waals surface area contributed by atoms with Gasteiger partial charge in [-0.05, 0) is 68.5 Å². The van der Waals surface area contributed by atoms with Gasteiger partial charge in [-0.3, -0.25) is 19.0 Å². The van der Waals surface area contributed by atoms with E-state index < -0.39 is 128 Å². The molecular formula is C39H32ClF10N7O5S2. The third-order valence-corrected chi connectivity index (χ3v) is 13.1. The molecule has 0 fully saturated rings. The minimum Gasteiger partial charge on any atom is -0.346 e. The molecule has 0 saturated carbocycles. The fourth-order valence-electron chi connectivity index (χ4n) is 6.94. The van der Waals surface area contributed by atoms with Crippen LogP contribution in [-0.2, 0) is 68.4 Å². The zero-order valence-corrected chi connectivity index (χ0v) is 35.8. The van der Waals surface area contributed by atoms with Gasteiger partial charge < -0.3 is 5.32 Å². The van der Waals surface area contributed by atoms with Crippen molar-refractivity contribution in [1.29, 1.82) is 0 Å². The second-order valence-electron chi connectivity index (χ2n) is 15.1. The van der Waals surface area contributed by atoms with E-state index in [9.17, 15) is 57.3 Å². The summed E-state index contributed by atoms with van der Waals surface area (Å²) in [6, 6.07) is 5.23. The number of sulfone groups is 1. The number of carbonyl (C=O) groups excluding carboxylic acids is 2. The minimum atomic E-state index is -5.19. The van der Waals surface area contributed by atoms with Gasteiger partial charge in [0.2, 0.25) is 12.3 Å². The number of carbonyl (C=O) groups is 2. The molecule has 2 atom stereocenters. The van der Waals surface area contributed by atoms with E-state index >= 15 is 8.78 Å². The number of pyridine rings is 1. The van der Waals surface area contributed by atoms with Gasteiger partial charge in [-0.2, -0.15) is 45.3 Å². The first kappa shape index (κ1) is 47.9. The molecule has 342 valence electrons. The van der Waals surface area contributed by atoms with Gasteiger partial charge in [-0.25, -0.2) is 30.7 Å². The number of rotatable bonds is 12. The molecule has 1 aliphatic rings. The summed E-state index contributed by atoms with van der Waals surface area (Å²) in [6.45, 7) is -0.570. The van der Waals surface area contributed by atoms with Crippen molar-refractivity contribution < 1.29 is 66.1 Å². The standard InChI is InChI=1S/C39H32ClF10N7O5S2/c1-36(2,64(4,61)62)11-9-23-5-6-24(25-7-8-27(40)30-32(25)56(18-38(45,46)47)54-35(30)57(19-58)63(3)60)31(51-23)28(15-20-13-21(41)16-22(42)14-20)52-29(59)17-55-34-26(10-12-37(34,43)44)33(53-55)39(48,49)50/h5-8,13-14,16,19,28H,10,12,15,17-18H2,1-4H3,(H,52,59). The van der Waals surface area contributed by atoms with Crippen LogP contribution in [0.2, 0.25) is 5.02 Å². The van der Waals surface area contributed by atoms with Gasteiger partial charge in [0, 0.05) is 41.7 Å². The Bertz CT molecular complexity index is 2880. The van der Waals surface area contributed by atoms with Crippen LogP contribution < -0.4 is 9.62 Å². The van der Waals surface area contributed by atoms with Crippen LogP contribution in [0.3, 0.4) is 0 Å². The number of nitrogens with one attached hydrogen (secondary N) is 1. The van der Waals surface area contributed by atoms with Crippen LogP contribution >= 0.6 is 11.6 Å². The van der Waals surface area contributed by atoms with Gasteiger partial charge >= 0.3 is 12.4 Å². The van der Waals surface area contributed by atoms with E-state index in [1.807, 2.05) is 0 Å². The Hall–Kier alpha value is -5.54. The summed E-state index contributed by atoms with van der Waals surface area (Å²) in [5.74, 6) is -2.82. The van der Waals surface area contributed by atoms with Crippen molar-refractivity contribution in [1.82, 2.24) is 29.9 Å². The van der Waals surface area contributed by atoms with Crippen molar-refractivity contribution in [2.75, 3.05) is 16.8 Å². The molecule has 2 unspecified atom stereocenters. The van der Waals surface area contributed by atoms with E-state index in [2.05, 4.69) is 32.3 Å². The summed E-state index contributed by atoms with van der Waals surface area (Å²) in [7, 11) is -6.07. The SMILES string of the molecule is CS(=O)N(C=O)c1nn(CC(F)(F)F)c2c(-c3ccc(C#CC(C)(C)S(C)(=O)=O)nc3C(Cc3cc(F)cc(F)c3)NC(=O)Cn3nc(C(F)(F)F)c4c3C(F)(F)CC4)ccc(Cl)c12. The Morgan fingerprint density at radius 3 is 2.25 bits per heavy atom. The molecule has 5 aromatic rings. The third-order valence-electron chi connectivity index (χ3n) is 10.0. The molecule has 1 aliphatic carbocycles. The van der Waals surface area contributed by atoms with Gasteiger partial charge in [-0.1, -0.05) is 23.6 Å². The predicted octanol–water partition coefficient (Wildman–Crippen LogP) is 7.38. The number of benzene rings is 2. The molecule has 2 amide bonds. The smallest absolute Gasteiger partial charge is 0.346 e. The molecule has 0 spiro atoms. The molecule has 2 aromatic carbocycles. The first-order valence-corrected chi connectivity index (χ1v) is 22.2. The van der Waals surface area contributed by atoms with E-state index in [1.54, 1.807) is 0 Å². The van der Waals surface area contributed by atoms with E-state index in [1.165, 1.54) is 38.1 Å². The molecule has 6 rings (SSSR count). The van der Waals surface area contributed by atoms with Crippen LogP contribution in [0.5, 0.6) is 0 Å². The maximum atomic E-state index is 15.0. The summed E-state index contributed by atoms with van der Waals surface area (Å²) in [6.07, 6.45) is -10.6. The average Bonchev–Trinajstić information content (AvgIpc) is 3.81. The van der Waals surface area contributed by atoms with Crippen LogP contribution in [0.4, 0.5) is 49.7 Å². The lowest BCUT2D eigenvalue weighted by atomic mass is 9.93. The number of hydrogen-bond acceptors (Lipinski definition) is 8. The quantitative estimate of drug-likeness (QED) is 0.0774. The number of halogens is 11. The van der Waals surface area contributed by atoms with Crippen molar-refractivity contribution in [3.8, 4) is 23.0 Å². The Kier molecular flexibility index (Phi) is 12.8. The molecule has 25 heteroatoms. The molecule has 1 N–H and O–H groups in total. The van der Waals surface area contributed by atoms with Gasteiger partial charge in [0.1, 0.15) is 51.8 Å². The van der Waals surface area contributed by atoms with Crippen LogP contribution in [0.15, 0.2) is 42.5 Å². The fourth-order valence-corrected chi connectivity index (χ4v) is 7.91. The van der Waals surface area contributed by atoms with Crippen LogP contribution in [-0.4, -0.2) is 72.9 Å². The second kappa shape index (κ2) is 17.1. The van der Waals surface area contributed by atoms with Gasteiger partial charge in [-0.15, -0.1) is 0 Å². The molecule has 0 radical (unpaired) electrons. The molecule has 3 heterocycles.